The summed E-state index contributed by atoms with van der Waals surface area (Å²) in [6.07, 6.45) is 0. The number of benzene rings is 2. The van der Waals surface area contributed by atoms with Gasteiger partial charge in [0.15, 0.2) is 0 Å². The summed E-state index contributed by atoms with van der Waals surface area (Å²) in [6.45, 7) is 0.458. The number of hydrogen-bond donors (Lipinski definition) is 1. The van der Waals surface area contributed by atoms with E-state index in [1.54, 1.807) is 19.2 Å². The monoisotopic (exact) mass is 397 g/mol. The summed E-state index contributed by atoms with van der Waals surface area (Å²) in [4.78, 5) is 12.1. The smallest absolute Gasteiger partial charge is 0.251 e. The Morgan fingerprint density at radius 2 is 1.85 bits per heavy atom. The van der Waals surface area contributed by atoms with Crippen LogP contribution in [0.1, 0.15) is 15.9 Å². The Morgan fingerprint density at radius 1 is 1.15 bits per heavy atom. The maximum absolute atomic E-state index is 12.1. The molecule has 0 fully saturated rings. The second-order valence-corrected chi connectivity index (χ2v) is 6.02. The van der Waals surface area contributed by atoms with E-state index in [-0.39, 0.29) is 5.91 Å². The lowest BCUT2D eigenvalue weighted by Gasteiger charge is -2.08. The van der Waals surface area contributed by atoms with Crippen LogP contribution in [-0.4, -0.2) is 13.0 Å². The number of methoxy groups -OCH3 is 1. The van der Waals surface area contributed by atoms with E-state index in [4.69, 9.17) is 4.74 Å². The van der Waals surface area contributed by atoms with Gasteiger partial charge in [-0.1, -0.05) is 44.0 Å². The molecule has 0 saturated carbocycles. The maximum atomic E-state index is 12.1. The fourth-order valence-corrected chi connectivity index (χ4v) is 3.05. The van der Waals surface area contributed by atoms with Crippen LogP contribution in [0.25, 0.3) is 0 Å². The molecule has 0 aliphatic carbocycles. The number of rotatable bonds is 4. The zero-order valence-corrected chi connectivity index (χ0v) is 14.0. The summed E-state index contributed by atoms with van der Waals surface area (Å²) in [5, 5.41) is 2.88. The Hall–Kier alpha value is -1.33. The van der Waals surface area contributed by atoms with Crippen LogP contribution in [0, 0.1) is 0 Å². The topological polar surface area (TPSA) is 38.3 Å². The fraction of sp³-hybridized carbons (Fsp3) is 0.133. The van der Waals surface area contributed by atoms with Crippen molar-refractivity contribution >= 4 is 37.8 Å². The molecule has 0 unspecified atom stereocenters. The summed E-state index contributed by atoms with van der Waals surface area (Å²) >= 11 is 6.74. The first-order valence-electron chi connectivity index (χ1n) is 5.95. The highest BCUT2D eigenvalue weighted by Gasteiger charge is 2.07. The molecule has 2 rings (SSSR count). The van der Waals surface area contributed by atoms with Crippen LogP contribution in [-0.2, 0) is 6.54 Å². The standard InChI is InChI=1S/C15H13Br2NO2/c1-20-14-4-2-3-10(5-14)9-18-15(19)11-6-12(16)8-13(17)7-11/h2-8H,9H2,1H3,(H,18,19). The first-order valence-corrected chi connectivity index (χ1v) is 7.54. The molecule has 2 aromatic carbocycles. The van der Waals surface area contributed by atoms with Crippen molar-refractivity contribution in [3.63, 3.8) is 0 Å². The molecule has 0 atom stereocenters. The first kappa shape index (κ1) is 15.1. The average Bonchev–Trinajstić information content (AvgIpc) is 2.44. The molecule has 20 heavy (non-hydrogen) atoms. The van der Waals surface area contributed by atoms with Crippen molar-refractivity contribution in [2.45, 2.75) is 6.54 Å². The molecule has 5 heteroatoms. The summed E-state index contributed by atoms with van der Waals surface area (Å²) in [6, 6.07) is 13.1. The van der Waals surface area contributed by atoms with E-state index in [0.717, 1.165) is 20.3 Å². The maximum Gasteiger partial charge on any atom is 0.251 e. The second-order valence-electron chi connectivity index (χ2n) is 4.19. The summed E-state index contributed by atoms with van der Waals surface area (Å²) in [5.41, 5.74) is 1.60. The van der Waals surface area contributed by atoms with Gasteiger partial charge in [-0.15, -0.1) is 0 Å². The molecule has 0 spiro atoms. The van der Waals surface area contributed by atoms with Gasteiger partial charge in [-0.3, -0.25) is 4.79 Å². The SMILES string of the molecule is COc1cccc(CNC(=O)c2cc(Br)cc(Br)c2)c1. The highest BCUT2D eigenvalue weighted by atomic mass is 79.9. The number of carbonyl (C=O) groups is 1. The number of halogens is 2. The Kier molecular flexibility index (Phi) is 5.20. The van der Waals surface area contributed by atoms with Crippen molar-refractivity contribution in [1.82, 2.24) is 5.32 Å². The number of amides is 1. The van der Waals surface area contributed by atoms with Gasteiger partial charge in [-0.2, -0.15) is 0 Å². The van der Waals surface area contributed by atoms with Crippen LogP contribution in [0.4, 0.5) is 0 Å². The second kappa shape index (κ2) is 6.90. The zero-order chi connectivity index (χ0) is 14.5. The molecule has 2 aromatic rings. The lowest BCUT2D eigenvalue weighted by atomic mass is 10.2. The molecule has 0 aliphatic rings. The summed E-state index contributed by atoms with van der Waals surface area (Å²) < 4.78 is 6.87. The molecular weight excluding hydrogens is 386 g/mol. The van der Waals surface area contributed by atoms with E-state index < -0.39 is 0 Å². The molecule has 0 aromatic heterocycles. The third-order valence-corrected chi connectivity index (χ3v) is 3.63. The van der Waals surface area contributed by atoms with Crippen LogP contribution in [0.3, 0.4) is 0 Å². The normalized spacial score (nSPS) is 10.2. The van der Waals surface area contributed by atoms with Gasteiger partial charge in [0.25, 0.3) is 5.91 Å². The third kappa shape index (κ3) is 4.08. The van der Waals surface area contributed by atoms with E-state index in [9.17, 15) is 4.79 Å². The molecule has 0 aliphatic heterocycles. The fourth-order valence-electron chi connectivity index (χ4n) is 1.75. The highest BCUT2D eigenvalue weighted by molar-refractivity contribution is 9.11. The van der Waals surface area contributed by atoms with Crippen LogP contribution in [0.15, 0.2) is 51.4 Å². The van der Waals surface area contributed by atoms with Gasteiger partial charge in [0, 0.05) is 21.1 Å². The molecule has 3 nitrogen and oxygen atoms in total. The molecule has 1 amide bonds. The van der Waals surface area contributed by atoms with E-state index in [2.05, 4.69) is 37.2 Å². The van der Waals surface area contributed by atoms with Crippen molar-refractivity contribution in [3.8, 4) is 5.75 Å². The lowest BCUT2D eigenvalue weighted by Crippen LogP contribution is -2.22. The lowest BCUT2D eigenvalue weighted by molar-refractivity contribution is 0.0950. The van der Waals surface area contributed by atoms with Crippen molar-refractivity contribution in [1.29, 1.82) is 0 Å². The molecule has 0 heterocycles. The van der Waals surface area contributed by atoms with Crippen molar-refractivity contribution in [2.24, 2.45) is 0 Å². The quantitative estimate of drug-likeness (QED) is 0.839. The minimum absolute atomic E-state index is 0.116. The zero-order valence-electron chi connectivity index (χ0n) is 10.8. The highest BCUT2D eigenvalue weighted by Crippen LogP contribution is 2.20. The predicted molar refractivity (Wildman–Crippen MR) is 86.0 cm³/mol. The molecule has 0 bridgehead atoms. The van der Waals surface area contributed by atoms with E-state index in [1.165, 1.54) is 0 Å². The van der Waals surface area contributed by atoms with Gasteiger partial charge in [0.1, 0.15) is 5.75 Å². The molecular formula is C15H13Br2NO2. The summed E-state index contributed by atoms with van der Waals surface area (Å²) in [5.74, 6) is 0.664. The molecule has 0 saturated heterocycles. The third-order valence-electron chi connectivity index (χ3n) is 2.71. The average molecular weight is 399 g/mol. The van der Waals surface area contributed by atoms with Crippen molar-refractivity contribution < 1.29 is 9.53 Å². The Labute approximate surface area is 134 Å². The van der Waals surface area contributed by atoms with Crippen LogP contribution in [0.5, 0.6) is 5.75 Å². The Bertz CT molecular complexity index is 609. The van der Waals surface area contributed by atoms with Crippen LogP contribution in [0.2, 0.25) is 0 Å². The van der Waals surface area contributed by atoms with Crippen molar-refractivity contribution in [2.75, 3.05) is 7.11 Å². The van der Waals surface area contributed by atoms with Gasteiger partial charge < -0.3 is 10.1 Å². The van der Waals surface area contributed by atoms with Gasteiger partial charge in [0.05, 0.1) is 7.11 Å². The number of ether oxygens (including phenoxy) is 1. The van der Waals surface area contributed by atoms with Crippen molar-refractivity contribution in [3.05, 3.63) is 62.5 Å². The van der Waals surface area contributed by atoms with Gasteiger partial charge in [-0.25, -0.2) is 0 Å². The number of nitrogens with one attached hydrogen (secondary N) is 1. The number of carbonyl (C=O) groups excluding carboxylic acids is 1. The first-order chi connectivity index (χ1) is 9.58. The number of hydrogen-bond acceptors (Lipinski definition) is 2. The Morgan fingerprint density at radius 3 is 2.50 bits per heavy atom. The van der Waals surface area contributed by atoms with Crippen LogP contribution < -0.4 is 10.1 Å². The minimum atomic E-state index is -0.116. The van der Waals surface area contributed by atoms with Gasteiger partial charge >= 0.3 is 0 Å². The van der Waals surface area contributed by atoms with Gasteiger partial charge in [0.2, 0.25) is 0 Å². The van der Waals surface area contributed by atoms with Crippen LogP contribution >= 0.6 is 31.9 Å². The molecule has 104 valence electrons. The molecule has 0 radical (unpaired) electrons. The predicted octanol–water partition coefficient (Wildman–Crippen LogP) is 4.15. The Balaban J connectivity index is 2.04. The van der Waals surface area contributed by atoms with E-state index in [1.807, 2.05) is 30.3 Å². The largest absolute Gasteiger partial charge is 0.497 e. The summed E-state index contributed by atoms with van der Waals surface area (Å²) in [7, 11) is 1.62. The van der Waals surface area contributed by atoms with E-state index in [0.29, 0.717) is 12.1 Å². The minimum Gasteiger partial charge on any atom is -0.497 e. The molecule has 1 N–H and O–H groups in total. The van der Waals surface area contributed by atoms with Gasteiger partial charge in [-0.05, 0) is 35.9 Å². The van der Waals surface area contributed by atoms with E-state index >= 15 is 0 Å².